The lowest BCUT2D eigenvalue weighted by Crippen LogP contribution is -2.61. The van der Waals surface area contributed by atoms with Crippen LogP contribution in [0.2, 0.25) is 0 Å². The molecule has 30 heavy (non-hydrogen) atoms. The number of hydrogen-bond acceptors (Lipinski definition) is 5. The first-order valence-corrected chi connectivity index (χ1v) is 9.13. The van der Waals surface area contributed by atoms with Gasteiger partial charge < -0.3 is 25.4 Å². The van der Waals surface area contributed by atoms with E-state index in [0.29, 0.717) is 5.75 Å². The molecule has 2 aromatic rings. The molecule has 0 heterocycles. The Hall–Kier alpha value is -2.78. The largest absolute Gasteiger partial charge is 0.497 e. The first-order valence-electron chi connectivity index (χ1n) is 9.13. The maximum atomic E-state index is 13.9. The van der Waals surface area contributed by atoms with Crippen LogP contribution in [0.4, 0.5) is 13.2 Å². The van der Waals surface area contributed by atoms with E-state index < -0.39 is 29.2 Å². The van der Waals surface area contributed by atoms with Crippen LogP contribution in [-0.2, 0) is 10.3 Å². The van der Waals surface area contributed by atoms with Crippen LogP contribution in [0.3, 0.4) is 0 Å². The van der Waals surface area contributed by atoms with Gasteiger partial charge in [0.05, 0.1) is 20.3 Å². The van der Waals surface area contributed by atoms with Gasteiger partial charge in [-0.15, -0.1) is 0 Å². The quantitative estimate of drug-likeness (QED) is 0.680. The fourth-order valence-corrected chi connectivity index (χ4v) is 3.07. The molecule has 0 radical (unpaired) electrons. The zero-order valence-corrected chi connectivity index (χ0v) is 17.3. The van der Waals surface area contributed by atoms with Crippen LogP contribution in [0.25, 0.3) is 0 Å². The second-order valence-electron chi connectivity index (χ2n) is 7.00. The second-order valence-corrected chi connectivity index (χ2v) is 7.00. The van der Waals surface area contributed by atoms with E-state index in [2.05, 4.69) is 5.32 Å². The molecule has 0 saturated carbocycles. The van der Waals surface area contributed by atoms with Crippen molar-refractivity contribution in [3.05, 3.63) is 59.7 Å². The van der Waals surface area contributed by atoms with Gasteiger partial charge in [-0.1, -0.05) is 24.3 Å². The van der Waals surface area contributed by atoms with Gasteiger partial charge in [0.2, 0.25) is 5.54 Å². The number of nitrogens with zero attached hydrogens (tertiary/aromatic N) is 1. The van der Waals surface area contributed by atoms with Crippen molar-refractivity contribution in [2.75, 3.05) is 34.9 Å². The number of nitrogens with two attached hydrogens (primary N) is 1. The molecule has 0 saturated heterocycles. The summed E-state index contributed by atoms with van der Waals surface area (Å²) >= 11 is 0. The van der Waals surface area contributed by atoms with Crippen molar-refractivity contribution in [1.29, 1.82) is 0 Å². The molecule has 0 aliphatic heterocycles. The highest BCUT2D eigenvalue weighted by Gasteiger charge is 2.59. The number of carbonyl (C=O) groups is 1. The van der Waals surface area contributed by atoms with Gasteiger partial charge in [-0.05, 0) is 49.5 Å². The molecule has 0 fully saturated rings. The SMILES string of the molecule is COc1cccc([C@H](CNC(=O)[C@@](N)(c2cccc(OC)c2)C(F)(F)F)N(C)C)c1. The van der Waals surface area contributed by atoms with Gasteiger partial charge in [0, 0.05) is 6.54 Å². The van der Waals surface area contributed by atoms with E-state index in [-0.39, 0.29) is 12.3 Å². The van der Waals surface area contributed by atoms with E-state index in [0.717, 1.165) is 17.7 Å². The normalized spacial score (nSPS) is 14.7. The number of ether oxygens (including phenoxy) is 2. The van der Waals surface area contributed by atoms with Gasteiger partial charge in [0.25, 0.3) is 5.91 Å². The summed E-state index contributed by atoms with van der Waals surface area (Å²) in [5.41, 5.74) is 2.82. The predicted molar refractivity (Wildman–Crippen MR) is 107 cm³/mol. The Bertz CT molecular complexity index is 874. The topological polar surface area (TPSA) is 76.8 Å². The Kier molecular flexibility index (Phi) is 7.33. The van der Waals surface area contributed by atoms with Gasteiger partial charge in [-0.2, -0.15) is 13.2 Å². The number of hydrogen-bond donors (Lipinski definition) is 2. The lowest BCUT2D eigenvalue weighted by molar-refractivity contribution is -0.194. The third-order valence-corrected chi connectivity index (χ3v) is 4.89. The Labute approximate surface area is 173 Å². The summed E-state index contributed by atoms with van der Waals surface area (Å²) in [7, 11) is 6.36. The summed E-state index contributed by atoms with van der Waals surface area (Å²) in [6.07, 6.45) is -5.02. The van der Waals surface area contributed by atoms with Gasteiger partial charge in [0.15, 0.2) is 0 Å². The molecular formula is C21H26F3N3O3. The van der Waals surface area contributed by atoms with Gasteiger partial charge in [0.1, 0.15) is 11.5 Å². The molecular weight excluding hydrogens is 399 g/mol. The van der Waals surface area contributed by atoms with Crippen molar-refractivity contribution in [3.63, 3.8) is 0 Å². The van der Waals surface area contributed by atoms with Crippen molar-refractivity contribution in [2.24, 2.45) is 5.73 Å². The zero-order valence-electron chi connectivity index (χ0n) is 17.3. The van der Waals surface area contributed by atoms with E-state index in [1.54, 1.807) is 43.3 Å². The molecule has 9 heteroatoms. The van der Waals surface area contributed by atoms with Crippen molar-refractivity contribution in [1.82, 2.24) is 10.2 Å². The minimum atomic E-state index is -5.02. The van der Waals surface area contributed by atoms with E-state index in [9.17, 15) is 18.0 Å². The van der Waals surface area contributed by atoms with Crippen molar-refractivity contribution < 1.29 is 27.4 Å². The summed E-state index contributed by atoms with van der Waals surface area (Å²) in [6.45, 7) is -0.0853. The summed E-state index contributed by atoms with van der Waals surface area (Å²) in [4.78, 5) is 14.5. The summed E-state index contributed by atoms with van der Waals surface area (Å²) < 4.78 is 52.0. The standard InChI is InChI=1S/C21H26F3N3O3/c1-27(2)18(14-7-5-9-16(11-14)29-3)13-26-19(28)20(25,21(22,23)24)15-8-6-10-17(12-15)30-4/h5-12,18H,13,25H2,1-4H3,(H,26,28)/t18-,20-/m0/s1. The van der Waals surface area contributed by atoms with Crippen LogP contribution in [0.5, 0.6) is 11.5 Å². The summed E-state index contributed by atoms with van der Waals surface area (Å²) in [5, 5.41) is 2.38. The van der Waals surface area contributed by atoms with Crippen LogP contribution in [0, 0.1) is 0 Å². The fourth-order valence-electron chi connectivity index (χ4n) is 3.07. The Morgan fingerprint density at radius 2 is 1.63 bits per heavy atom. The number of methoxy groups -OCH3 is 2. The Morgan fingerprint density at radius 3 is 2.17 bits per heavy atom. The number of carbonyl (C=O) groups excluding carboxylic acids is 1. The molecule has 3 N–H and O–H groups in total. The van der Waals surface area contributed by atoms with Crippen LogP contribution < -0.4 is 20.5 Å². The van der Waals surface area contributed by atoms with Gasteiger partial charge in [-0.3, -0.25) is 4.79 Å². The molecule has 0 aliphatic rings. The minimum Gasteiger partial charge on any atom is -0.497 e. The highest BCUT2D eigenvalue weighted by Crippen LogP contribution is 2.38. The lowest BCUT2D eigenvalue weighted by atomic mass is 9.88. The second kappa shape index (κ2) is 9.36. The highest BCUT2D eigenvalue weighted by molar-refractivity contribution is 5.88. The zero-order chi connectivity index (χ0) is 22.5. The Morgan fingerprint density at radius 1 is 1.07 bits per heavy atom. The maximum Gasteiger partial charge on any atom is 0.419 e. The van der Waals surface area contributed by atoms with E-state index >= 15 is 0 Å². The number of halogens is 3. The van der Waals surface area contributed by atoms with E-state index in [4.69, 9.17) is 15.2 Å². The summed E-state index contributed by atoms with van der Waals surface area (Å²) in [6, 6.07) is 11.8. The average Bonchev–Trinajstić information content (AvgIpc) is 2.72. The number of amides is 1. The molecule has 1 amide bonds. The number of nitrogens with one attached hydrogen (secondary N) is 1. The summed E-state index contributed by atoms with van der Waals surface area (Å²) in [5.74, 6) is -0.578. The molecule has 2 atom stereocenters. The number of benzene rings is 2. The van der Waals surface area contributed by atoms with Crippen LogP contribution in [-0.4, -0.2) is 51.8 Å². The fraction of sp³-hybridized carbons (Fsp3) is 0.381. The number of likely N-dealkylation sites (N-methyl/N-ethyl adjacent to an activating group) is 1. The minimum absolute atomic E-state index is 0.0853. The van der Waals surface area contributed by atoms with Crippen molar-refractivity contribution in [2.45, 2.75) is 17.8 Å². The Balaban J connectivity index is 2.32. The number of alkyl halides is 3. The molecule has 0 spiro atoms. The van der Waals surface area contributed by atoms with Crippen LogP contribution in [0.1, 0.15) is 17.2 Å². The van der Waals surface area contributed by atoms with Gasteiger partial charge >= 0.3 is 6.18 Å². The molecule has 0 bridgehead atoms. The predicted octanol–water partition coefficient (Wildman–Crippen LogP) is 2.84. The maximum absolute atomic E-state index is 13.9. The molecule has 6 nitrogen and oxygen atoms in total. The monoisotopic (exact) mass is 425 g/mol. The highest BCUT2D eigenvalue weighted by atomic mass is 19.4. The van der Waals surface area contributed by atoms with Crippen LogP contribution >= 0.6 is 0 Å². The van der Waals surface area contributed by atoms with E-state index in [1.807, 2.05) is 0 Å². The first kappa shape index (κ1) is 23.5. The molecule has 0 aromatic heterocycles. The molecule has 0 aliphatic carbocycles. The third kappa shape index (κ3) is 4.85. The smallest absolute Gasteiger partial charge is 0.419 e. The van der Waals surface area contributed by atoms with Gasteiger partial charge in [-0.25, -0.2) is 0 Å². The van der Waals surface area contributed by atoms with Crippen molar-refractivity contribution in [3.8, 4) is 11.5 Å². The number of rotatable bonds is 8. The van der Waals surface area contributed by atoms with Crippen molar-refractivity contribution >= 4 is 5.91 Å². The molecule has 164 valence electrons. The lowest BCUT2D eigenvalue weighted by Gasteiger charge is -2.32. The van der Waals surface area contributed by atoms with Crippen LogP contribution in [0.15, 0.2) is 48.5 Å². The molecule has 2 rings (SSSR count). The average molecular weight is 425 g/mol. The molecule has 0 unspecified atom stereocenters. The first-order chi connectivity index (χ1) is 14.0. The molecule has 2 aromatic carbocycles. The van der Waals surface area contributed by atoms with E-state index in [1.165, 1.54) is 26.4 Å². The third-order valence-electron chi connectivity index (χ3n) is 4.89.